The lowest BCUT2D eigenvalue weighted by Crippen LogP contribution is -2.32. The summed E-state index contributed by atoms with van der Waals surface area (Å²) in [7, 11) is 0. The number of pyridine rings is 1. The molecule has 2 aromatic rings. The van der Waals surface area contributed by atoms with Crippen molar-refractivity contribution in [2.45, 2.75) is 25.3 Å². The molecule has 3 amide bonds. The maximum absolute atomic E-state index is 12.5. The summed E-state index contributed by atoms with van der Waals surface area (Å²) in [6, 6.07) is 10.5. The molecule has 4 rings (SSSR count). The highest BCUT2D eigenvalue weighted by Crippen LogP contribution is 2.43. The monoisotopic (exact) mass is 322 g/mol. The van der Waals surface area contributed by atoms with Gasteiger partial charge in [-0.1, -0.05) is 12.1 Å². The number of piperidine rings is 1. The zero-order chi connectivity index (χ0) is 16.5. The van der Waals surface area contributed by atoms with Crippen molar-refractivity contribution < 1.29 is 9.59 Å². The van der Waals surface area contributed by atoms with E-state index in [-0.39, 0.29) is 18.0 Å². The van der Waals surface area contributed by atoms with Crippen LogP contribution < -0.4 is 10.6 Å². The molecule has 122 valence electrons. The molecular formula is C18H18N4O2. The van der Waals surface area contributed by atoms with E-state index in [4.69, 9.17) is 0 Å². The quantitative estimate of drug-likeness (QED) is 0.890. The first-order chi connectivity index (χ1) is 11.7. The number of rotatable bonds is 2. The van der Waals surface area contributed by atoms with Gasteiger partial charge in [-0.2, -0.15) is 0 Å². The topological polar surface area (TPSA) is 74.3 Å². The number of benzene rings is 1. The van der Waals surface area contributed by atoms with Crippen molar-refractivity contribution in [3.05, 3.63) is 53.7 Å². The minimum Gasteiger partial charge on any atom is -0.331 e. The van der Waals surface area contributed by atoms with Crippen molar-refractivity contribution >= 4 is 23.4 Å². The smallest absolute Gasteiger partial charge is 0.324 e. The Morgan fingerprint density at radius 1 is 1.12 bits per heavy atom. The molecule has 1 aromatic carbocycles. The molecule has 1 saturated heterocycles. The number of fused-ring (bicyclic) bond motifs is 3. The number of aromatic nitrogens is 1. The second kappa shape index (κ2) is 5.96. The van der Waals surface area contributed by atoms with E-state index in [0.717, 1.165) is 31.4 Å². The second-order valence-corrected chi connectivity index (χ2v) is 6.07. The van der Waals surface area contributed by atoms with Crippen LogP contribution in [0.15, 0.2) is 42.6 Å². The second-order valence-electron chi connectivity index (χ2n) is 6.07. The van der Waals surface area contributed by atoms with Gasteiger partial charge < -0.3 is 10.2 Å². The summed E-state index contributed by atoms with van der Waals surface area (Å²) in [5.41, 5.74) is 2.35. The van der Waals surface area contributed by atoms with E-state index in [1.807, 2.05) is 23.1 Å². The van der Waals surface area contributed by atoms with E-state index in [2.05, 4.69) is 15.6 Å². The first-order valence-electron chi connectivity index (χ1n) is 8.17. The molecule has 0 spiro atoms. The number of hydrogen-bond donors (Lipinski definition) is 2. The summed E-state index contributed by atoms with van der Waals surface area (Å²) < 4.78 is 0. The van der Waals surface area contributed by atoms with Crippen LogP contribution in [0.5, 0.6) is 0 Å². The SMILES string of the molecule is O=C(Nc1ccccn1)Nc1cccc2c1C1CCCCN1C2=O. The lowest BCUT2D eigenvalue weighted by atomic mass is 9.96. The Labute approximate surface area is 139 Å². The van der Waals surface area contributed by atoms with Crippen molar-refractivity contribution in [3.63, 3.8) is 0 Å². The highest BCUT2D eigenvalue weighted by Gasteiger charge is 2.39. The lowest BCUT2D eigenvalue weighted by molar-refractivity contribution is 0.0672. The van der Waals surface area contributed by atoms with E-state index in [1.54, 1.807) is 24.4 Å². The molecule has 6 heteroatoms. The Bertz CT molecular complexity index is 791. The van der Waals surface area contributed by atoms with Gasteiger partial charge in [-0.3, -0.25) is 10.1 Å². The minimum atomic E-state index is -0.358. The third-order valence-corrected chi connectivity index (χ3v) is 4.59. The number of carbonyl (C=O) groups excluding carboxylic acids is 2. The van der Waals surface area contributed by atoms with Crippen LogP contribution in [0.1, 0.15) is 41.2 Å². The highest BCUT2D eigenvalue weighted by molar-refractivity contribution is 6.04. The molecule has 1 aromatic heterocycles. The molecule has 0 radical (unpaired) electrons. The van der Waals surface area contributed by atoms with Gasteiger partial charge in [0.15, 0.2) is 0 Å². The first kappa shape index (κ1) is 14.7. The van der Waals surface area contributed by atoms with Gasteiger partial charge in [-0.25, -0.2) is 9.78 Å². The zero-order valence-electron chi connectivity index (χ0n) is 13.2. The minimum absolute atomic E-state index is 0.0727. The van der Waals surface area contributed by atoms with Crippen molar-refractivity contribution in [1.29, 1.82) is 0 Å². The summed E-state index contributed by atoms with van der Waals surface area (Å²) >= 11 is 0. The van der Waals surface area contributed by atoms with Gasteiger partial charge in [-0.15, -0.1) is 0 Å². The molecule has 2 N–H and O–H groups in total. The van der Waals surface area contributed by atoms with Crippen molar-refractivity contribution in [1.82, 2.24) is 9.88 Å². The predicted octanol–water partition coefficient (Wildman–Crippen LogP) is 3.41. The van der Waals surface area contributed by atoms with E-state index >= 15 is 0 Å². The fourth-order valence-corrected chi connectivity index (χ4v) is 3.56. The van der Waals surface area contributed by atoms with Crippen LogP contribution in [0.25, 0.3) is 0 Å². The van der Waals surface area contributed by atoms with Gasteiger partial charge in [0.25, 0.3) is 5.91 Å². The van der Waals surface area contributed by atoms with Gasteiger partial charge in [0, 0.05) is 29.6 Å². The summed E-state index contributed by atoms with van der Waals surface area (Å²) in [6.45, 7) is 0.789. The average Bonchev–Trinajstić information content (AvgIpc) is 2.90. The molecule has 3 heterocycles. The van der Waals surface area contributed by atoms with Crippen LogP contribution >= 0.6 is 0 Å². The summed E-state index contributed by atoms with van der Waals surface area (Å²) in [6.07, 6.45) is 4.70. The Morgan fingerprint density at radius 2 is 2.04 bits per heavy atom. The van der Waals surface area contributed by atoms with Crippen LogP contribution in [0.2, 0.25) is 0 Å². The molecule has 6 nitrogen and oxygen atoms in total. The molecule has 24 heavy (non-hydrogen) atoms. The normalized spacial score (nSPS) is 18.8. The number of nitrogens with one attached hydrogen (secondary N) is 2. The third-order valence-electron chi connectivity index (χ3n) is 4.59. The summed E-state index contributed by atoms with van der Waals surface area (Å²) in [5.74, 6) is 0.557. The number of urea groups is 1. The van der Waals surface area contributed by atoms with Crippen LogP contribution in [0.4, 0.5) is 16.3 Å². The number of nitrogens with zero attached hydrogens (tertiary/aromatic N) is 2. The van der Waals surface area contributed by atoms with E-state index < -0.39 is 0 Å². The highest BCUT2D eigenvalue weighted by atomic mass is 16.2. The van der Waals surface area contributed by atoms with Crippen molar-refractivity contribution in [3.8, 4) is 0 Å². The maximum Gasteiger partial charge on any atom is 0.324 e. The standard InChI is InChI=1S/C18H18N4O2/c23-17-12-6-5-7-13(16(12)14-8-2-4-11-22(14)17)20-18(24)21-15-9-1-3-10-19-15/h1,3,5-7,9-10,14H,2,4,8,11H2,(H2,19,20,21,24). The molecule has 1 fully saturated rings. The van der Waals surface area contributed by atoms with Gasteiger partial charge in [0.2, 0.25) is 0 Å². The van der Waals surface area contributed by atoms with Crippen LogP contribution in [0, 0.1) is 0 Å². The summed E-state index contributed by atoms with van der Waals surface area (Å²) in [4.78, 5) is 30.8. The molecule has 0 saturated carbocycles. The molecular weight excluding hydrogens is 304 g/mol. The Hall–Kier alpha value is -2.89. The molecule has 1 unspecified atom stereocenters. The number of amides is 3. The van der Waals surface area contributed by atoms with Gasteiger partial charge >= 0.3 is 6.03 Å². The lowest BCUT2D eigenvalue weighted by Gasteiger charge is -2.30. The number of hydrogen-bond acceptors (Lipinski definition) is 3. The largest absolute Gasteiger partial charge is 0.331 e. The van der Waals surface area contributed by atoms with Gasteiger partial charge in [0.05, 0.1) is 6.04 Å². The maximum atomic E-state index is 12.5. The van der Waals surface area contributed by atoms with E-state index in [0.29, 0.717) is 17.1 Å². The van der Waals surface area contributed by atoms with Crippen molar-refractivity contribution in [2.75, 3.05) is 17.2 Å². The molecule has 0 bridgehead atoms. The zero-order valence-corrected chi connectivity index (χ0v) is 13.2. The van der Waals surface area contributed by atoms with Crippen molar-refractivity contribution in [2.24, 2.45) is 0 Å². The fraction of sp³-hybridized carbons (Fsp3) is 0.278. The average molecular weight is 322 g/mol. The van der Waals surface area contributed by atoms with Gasteiger partial charge in [-0.05, 0) is 43.5 Å². The first-order valence-corrected chi connectivity index (χ1v) is 8.17. The van der Waals surface area contributed by atoms with E-state index in [1.165, 1.54) is 0 Å². The predicted molar refractivity (Wildman–Crippen MR) is 90.9 cm³/mol. The number of anilines is 2. The molecule has 0 aliphatic carbocycles. The van der Waals surface area contributed by atoms with Gasteiger partial charge in [0.1, 0.15) is 5.82 Å². The molecule has 1 atom stereocenters. The molecule has 2 aliphatic rings. The Morgan fingerprint density at radius 3 is 2.88 bits per heavy atom. The molecule has 2 aliphatic heterocycles. The Balaban J connectivity index is 1.59. The number of carbonyl (C=O) groups is 2. The Kier molecular flexibility index (Phi) is 3.65. The fourth-order valence-electron chi connectivity index (χ4n) is 3.56. The van der Waals surface area contributed by atoms with Crippen LogP contribution in [0.3, 0.4) is 0 Å². The van der Waals surface area contributed by atoms with E-state index in [9.17, 15) is 9.59 Å². The summed E-state index contributed by atoms with van der Waals surface area (Å²) in [5, 5.41) is 5.58. The van der Waals surface area contributed by atoms with Crippen LogP contribution in [-0.4, -0.2) is 28.4 Å². The van der Waals surface area contributed by atoms with Crippen LogP contribution in [-0.2, 0) is 0 Å². The third kappa shape index (κ3) is 2.50.